The quantitative estimate of drug-likeness (QED) is 0.832. The number of nitrogens with two attached hydrogens (primary N) is 1. The van der Waals surface area contributed by atoms with Crippen LogP contribution in [0, 0.1) is 5.82 Å². The van der Waals surface area contributed by atoms with Crippen LogP contribution in [0.4, 0.5) is 10.1 Å². The van der Waals surface area contributed by atoms with Crippen LogP contribution in [0.1, 0.15) is 28.9 Å². The van der Waals surface area contributed by atoms with E-state index in [9.17, 15) is 9.18 Å². The maximum atomic E-state index is 13.2. The highest BCUT2D eigenvalue weighted by Crippen LogP contribution is 2.14. The van der Waals surface area contributed by atoms with E-state index in [1.54, 1.807) is 0 Å². The molecular weight excluding hydrogens is 243 g/mol. The molecule has 0 unspecified atom stereocenters. The standard InChI is InChI=1S/C15H15FN2O/c1-10(11-5-3-2-4-6-11)18-15(19)12-7-13(16)9-14(17)8-12/h2-10H,17H2,1H3,(H,18,19)/t10-/m0/s1. The average Bonchev–Trinajstić information content (AvgIpc) is 2.38. The topological polar surface area (TPSA) is 55.1 Å². The third-order valence-corrected chi connectivity index (χ3v) is 2.83. The Labute approximate surface area is 111 Å². The monoisotopic (exact) mass is 258 g/mol. The second-order valence-corrected chi connectivity index (χ2v) is 4.38. The Morgan fingerprint density at radius 1 is 1.21 bits per heavy atom. The molecule has 2 aromatic carbocycles. The lowest BCUT2D eigenvalue weighted by molar-refractivity contribution is 0.0939. The van der Waals surface area contributed by atoms with Crippen LogP contribution in [0.2, 0.25) is 0 Å². The molecule has 0 aromatic heterocycles. The summed E-state index contributed by atoms with van der Waals surface area (Å²) < 4.78 is 13.2. The summed E-state index contributed by atoms with van der Waals surface area (Å²) in [5, 5.41) is 2.81. The van der Waals surface area contributed by atoms with Crippen LogP contribution in [0.15, 0.2) is 48.5 Å². The Morgan fingerprint density at radius 2 is 1.89 bits per heavy atom. The Balaban J connectivity index is 2.13. The molecule has 0 saturated heterocycles. The highest BCUT2D eigenvalue weighted by atomic mass is 19.1. The van der Waals surface area contributed by atoms with Gasteiger partial charge in [0.15, 0.2) is 0 Å². The van der Waals surface area contributed by atoms with Crippen LogP contribution in [0.25, 0.3) is 0 Å². The highest BCUT2D eigenvalue weighted by Gasteiger charge is 2.12. The van der Waals surface area contributed by atoms with Gasteiger partial charge in [0.25, 0.3) is 5.91 Å². The van der Waals surface area contributed by atoms with Gasteiger partial charge in [-0.1, -0.05) is 30.3 Å². The molecule has 0 radical (unpaired) electrons. The molecule has 4 heteroatoms. The smallest absolute Gasteiger partial charge is 0.251 e. The van der Waals surface area contributed by atoms with Gasteiger partial charge in [-0.2, -0.15) is 0 Å². The predicted octanol–water partition coefficient (Wildman–Crippen LogP) is 2.90. The SMILES string of the molecule is C[C@H](NC(=O)c1cc(N)cc(F)c1)c1ccccc1. The first-order valence-electron chi connectivity index (χ1n) is 5.98. The first-order valence-corrected chi connectivity index (χ1v) is 5.98. The summed E-state index contributed by atoms with van der Waals surface area (Å²) >= 11 is 0. The summed E-state index contributed by atoms with van der Waals surface area (Å²) in [6, 6.07) is 13.2. The molecule has 0 aliphatic heterocycles. The largest absolute Gasteiger partial charge is 0.399 e. The molecule has 0 aliphatic carbocycles. The fraction of sp³-hybridized carbons (Fsp3) is 0.133. The summed E-state index contributed by atoms with van der Waals surface area (Å²) in [7, 11) is 0. The first-order chi connectivity index (χ1) is 9.06. The van der Waals surface area contributed by atoms with Crippen molar-refractivity contribution < 1.29 is 9.18 Å². The van der Waals surface area contributed by atoms with Gasteiger partial charge in [0.1, 0.15) is 5.82 Å². The predicted molar refractivity (Wildman–Crippen MR) is 73.1 cm³/mol. The van der Waals surface area contributed by atoms with Gasteiger partial charge in [-0.15, -0.1) is 0 Å². The molecule has 3 nitrogen and oxygen atoms in total. The fourth-order valence-corrected chi connectivity index (χ4v) is 1.85. The summed E-state index contributed by atoms with van der Waals surface area (Å²) in [6.45, 7) is 1.87. The van der Waals surface area contributed by atoms with E-state index < -0.39 is 5.82 Å². The minimum Gasteiger partial charge on any atom is -0.399 e. The van der Waals surface area contributed by atoms with Gasteiger partial charge < -0.3 is 11.1 Å². The molecule has 1 amide bonds. The number of carbonyl (C=O) groups excluding carboxylic acids is 1. The van der Waals surface area contributed by atoms with E-state index in [1.807, 2.05) is 37.3 Å². The van der Waals surface area contributed by atoms with E-state index in [2.05, 4.69) is 5.32 Å². The van der Waals surface area contributed by atoms with E-state index in [0.29, 0.717) is 0 Å². The number of anilines is 1. The maximum Gasteiger partial charge on any atom is 0.251 e. The summed E-state index contributed by atoms with van der Waals surface area (Å²) in [5.74, 6) is -0.861. The van der Waals surface area contributed by atoms with Crippen molar-refractivity contribution in [2.75, 3.05) is 5.73 Å². The molecule has 0 saturated carbocycles. The van der Waals surface area contributed by atoms with Crippen LogP contribution < -0.4 is 11.1 Å². The van der Waals surface area contributed by atoms with Gasteiger partial charge in [-0.25, -0.2) is 4.39 Å². The number of nitrogens with one attached hydrogen (secondary N) is 1. The molecule has 0 aliphatic rings. The normalized spacial score (nSPS) is 11.9. The lowest BCUT2D eigenvalue weighted by Gasteiger charge is -2.14. The van der Waals surface area contributed by atoms with Crippen LogP contribution >= 0.6 is 0 Å². The van der Waals surface area contributed by atoms with E-state index in [1.165, 1.54) is 18.2 Å². The van der Waals surface area contributed by atoms with Crippen molar-refractivity contribution in [2.24, 2.45) is 0 Å². The Morgan fingerprint density at radius 3 is 2.53 bits per heavy atom. The van der Waals surface area contributed by atoms with Crippen LogP contribution in [-0.2, 0) is 0 Å². The Hall–Kier alpha value is -2.36. The van der Waals surface area contributed by atoms with Crippen LogP contribution in [0.5, 0.6) is 0 Å². The molecule has 98 valence electrons. The number of amides is 1. The van der Waals surface area contributed by atoms with E-state index in [-0.39, 0.29) is 23.2 Å². The van der Waals surface area contributed by atoms with Crippen LogP contribution in [-0.4, -0.2) is 5.91 Å². The number of carbonyl (C=O) groups is 1. The van der Waals surface area contributed by atoms with Crippen LogP contribution in [0.3, 0.4) is 0 Å². The number of nitrogen functional groups attached to an aromatic ring is 1. The molecule has 0 spiro atoms. The second kappa shape index (κ2) is 5.52. The lowest BCUT2D eigenvalue weighted by Crippen LogP contribution is -2.26. The van der Waals surface area contributed by atoms with Gasteiger partial charge in [0, 0.05) is 11.3 Å². The van der Waals surface area contributed by atoms with Crippen molar-refractivity contribution in [3.05, 3.63) is 65.5 Å². The molecule has 2 rings (SSSR count). The molecular formula is C15H15FN2O. The van der Waals surface area contributed by atoms with Gasteiger partial charge >= 0.3 is 0 Å². The van der Waals surface area contributed by atoms with Crippen molar-refractivity contribution in [1.82, 2.24) is 5.32 Å². The number of benzene rings is 2. The fourth-order valence-electron chi connectivity index (χ4n) is 1.85. The minimum atomic E-state index is -0.516. The first kappa shape index (κ1) is 13.1. The van der Waals surface area contributed by atoms with Crippen molar-refractivity contribution in [2.45, 2.75) is 13.0 Å². The summed E-state index contributed by atoms with van der Waals surface area (Å²) in [6.07, 6.45) is 0. The number of hydrogen-bond donors (Lipinski definition) is 2. The molecule has 3 N–H and O–H groups in total. The second-order valence-electron chi connectivity index (χ2n) is 4.38. The molecule has 2 aromatic rings. The van der Waals surface area contributed by atoms with Crippen molar-refractivity contribution in [1.29, 1.82) is 0 Å². The van der Waals surface area contributed by atoms with E-state index >= 15 is 0 Å². The average molecular weight is 258 g/mol. The molecule has 0 fully saturated rings. The third-order valence-electron chi connectivity index (χ3n) is 2.83. The molecule has 19 heavy (non-hydrogen) atoms. The van der Waals surface area contributed by atoms with Gasteiger partial charge in [0.05, 0.1) is 6.04 Å². The van der Waals surface area contributed by atoms with Crippen molar-refractivity contribution >= 4 is 11.6 Å². The Bertz CT molecular complexity index is 564. The van der Waals surface area contributed by atoms with E-state index in [4.69, 9.17) is 5.73 Å². The van der Waals surface area contributed by atoms with E-state index in [0.717, 1.165) is 5.56 Å². The molecule has 1 atom stereocenters. The zero-order valence-electron chi connectivity index (χ0n) is 10.6. The third kappa shape index (κ3) is 3.31. The van der Waals surface area contributed by atoms with Gasteiger partial charge in [0.2, 0.25) is 0 Å². The number of rotatable bonds is 3. The number of halogens is 1. The van der Waals surface area contributed by atoms with Crippen molar-refractivity contribution in [3.8, 4) is 0 Å². The zero-order valence-corrected chi connectivity index (χ0v) is 10.6. The van der Waals surface area contributed by atoms with Gasteiger partial charge in [-0.3, -0.25) is 4.79 Å². The molecule has 0 bridgehead atoms. The minimum absolute atomic E-state index is 0.154. The zero-order chi connectivity index (χ0) is 13.8. The molecule has 0 heterocycles. The summed E-state index contributed by atoms with van der Waals surface area (Å²) in [4.78, 5) is 12.0. The highest BCUT2D eigenvalue weighted by molar-refractivity contribution is 5.95. The summed E-state index contributed by atoms with van der Waals surface area (Å²) in [5.41, 5.74) is 6.96. The van der Waals surface area contributed by atoms with Gasteiger partial charge in [-0.05, 0) is 30.7 Å². The maximum absolute atomic E-state index is 13.2. The lowest BCUT2D eigenvalue weighted by atomic mass is 10.1. The number of hydrogen-bond acceptors (Lipinski definition) is 2. The Kier molecular flexibility index (Phi) is 3.80. The van der Waals surface area contributed by atoms with Crippen molar-refractivity contribution in [3.63, 3.8) is 0 Å².